The summed E-state index contributed by atoms with van der Waals surface area (Å²) in [5, 5.41) is 11.9. The molecule has 0 aliphatic carbocycles. The molecule has 6 nitrogen and oxygen atoms in total. The molecular formula is C18H24N2O4. The number of carboxylic acids is 1. The highest BCUT2D eigenvalue weighted by Gasteiger charge is 2.36. The highest BCUT2D eigenvalue weighted by atomic mass is 16.5. The molecular weight excluding hydrogens is 308 g/mol. The van der Waals surface area contributed by atoms with Crippen molar-refractivity contribution in [3.8, 4) is 5.75 Å². The summed E-state index contributed by atoms with van der Waals surface area (Å²) in [5.74, 6) is 0.506. The Kier molecular flexibility index (Phi) is 5.35. The number of nitrogens with one attached hydrogen (secondary N) is 1. The average Bonchev–Trinajstić information content (AvgIpc) is 3.11. The Morgan fingerprint density at radius 1 is 1.08 bits per heavy atom. The molecule has 2 saturated heterocycles. The van der Waals surface area contributed by atoms with E-state index in [1.54, 1.807) is 0 Å². The molecule has 24 heavy (non-hydrogen) atoms. The molecule has 130 valence electrons. The van der Waals surface area contributed by atoms with Gasteiger partial charge in [0.05, 0.1) is 12.6 Å². The van der Waals surface area contributed by atoms with Crippen LogP contribution in [0.15, 0.2) is 30.3 Å². The zero-order valence-corrected chi connectivity index (χ0v) is 13.7. The minimum atomic E-state index is -0.873. The molecule has 2 aliphatic heterocycles. The van der Waals surface area contributed by atoms with E-state index in [4.69, 9.17) is 9.84 Å². The van der Waals surface area contributed by atoms with Gasteiger partial charge in [-0.05, 0) is 43.7 Å². The first-order valence-corrected chi connectivity index (χ1v) is 8.59. The predicted octanol–water partition coefficient (Wildman–Crippen LogP) is 1.51. The number of hydrogen-bond acceptors (Lipinski definition) is 4. The zero-order valence-electron chi connectivity index (χ0n) is 13.7. The Balaban J connectivity index is 1.42. The molecule has 2 fully saturated rings. The number of carbonyl (C=O) groups excluding carboxylic acids is 1. The van der Waals surface area contributed by atoms with Gasteiger partial charge in [0.15, 0.2) is 0 Å². The molecule has 0 spiro atoms. The topological polar surface area (TPSA) is 78.9 Å². The van der Waals surface area contributed by atoms with Gasteiger partial charge in [0, 0.05) is 13.1 Å². The maximum atomic E-state index is 12.5. The highest BCUT2D eigenvalue weighted by Crippen LogP contribution is 2.22. The van der Waals surface area contributed by atoms with Crippen molar-refractivity contribution in [2.45, 2.75) is 37.8 Å². The first kappa shape index (κ1) is 16.8. The fraction of sp³-hybridized carbons (Fsp3) is 0.556. The van der Waals surface area contributed by atoms with Crippen LogP contribution in [0.2, 0.25) is 0 Å². The van der Waals surface area contributed by atoms with Crippen LogP contribution in [0.3, 0.4) is 0 Å². The van der Waals surface area contributed by atoms with Crippen LogP contribution in [0, 0.1) is 5.92 Å². The molecule has 0 radical (unpaired) electrons. The van der Waals surface area contributed by atoms with E-state index in [-0.39, 0.29) is 11.9 Å². The Morgan fingerprint density at radius 2 is 1.75 bits per heavy atom. The number of likely N-dealkylation sites (tertiary alicyclic amines) is 1. The molecule has 2 heterocycles. The van der Waals surface area contributed by atoms with Gasteiger partial charge >= 0.3 is 5.97 Å². The second kappa shape index (κ2) is 7.66. The number of carboxylic acid groups (broad SMARTS) is 1. The van der Waals surface area contributed by atoms with E-state index in [0.717, 1.165) is 31.7 Å². The third-order valence-corrected chi connectivity index (χ3v) is 4.90. The third-order valence-electron chi connectivity index (χ3n) is 4.90. The number of piperidine rings is 1. The van der Waals surface area contributed by atoms with E-state index in [2.05, 4.69) is 5.32 Å². The monoisotopic (exact) mass is 332 g/mol. The smallest absolute Gasteiger partial charge is 0.320 e. The number of hydrogen-bond donors (Lipinski definition) is 2. The molecule has 0 bridgehead atoms. The lowest BCUT2D eigenvalue weighted by atomic mass is 9.97. The molecule has 2 N–H and O–H groups in total. The molecule has 1 amide bonds. The molecule has 0 saturated carbocycles. The standard InChI is InChI=1S/C18H24N2O4/c21-17(15-6-7-16(19-15)18(22)23)20-10-8-13(9-11-20)12-24-14-4-2-1-3-5-14/h1-5,13,15-16,19H,6-12H2,(H,22,23)/t15-,16+/m1/s1. The van der Waals surface area contributed by atoms with Crippen molar-refractivity contribution in [2.24, 2.45) is 5.92 Å². The second-order valence-corrected chi connectivity index (χ2v) is 6.58. The largest absolute Gasteiger partial charge is 0.493 e. The average molecular weight is 332 g/mol. The van der Waals surface area contributed by atoms with Crippen LogP contribution in [-0.2, 0) is 9.59 Å². The fourth-order valence-corrected chi connectivity index (χ4v) is 3.40. The number of para-hydroxylation sites is 1. The summed E-state index contributed by atoms with van der Waals surface area (Å²) >= 11 is 0. The SMILES string of the molecule is O=C(O)[C@@H]1CC[C@H](C(=O)N2CCC(COc3ccccc3)CC2)N1. The number of amides is 1. The minimum absolute atomic E-state index is 0.0428. The molecule has 1 aromatic rings. The van der Waals surface area contributed by atoms with E-state index >= 15 is 0 Å². The van der Waals surface area contributed by atoms with Crippen molar-refractivity contribution >= 4 is 11.9 Å². The highest BCUT2D eigenvalue weighted by molar-refractivity contribution is 5.84. The maximum absolute atomic E-state index is 12.5. The van der Waals surface area contributed by atoms with Crippen LogP contribution in [-0.4, -0.2) is 53.7 Å². The van der Waals surface area contributed by atoms with Crippen molar-refractivity contribution in [3.63, 3.8) is 0 Å². The van der Waals surface area contributed by atoms with Gasteiger partial charge in [0.25, 0.3) is 0 Å². The zero-order chi connectivity index (χ0) is 16.9. The summed E-state index contributed by atoms with van der Waals surface area (Å²) in [6.45, 7) is 2.12. The normalized spacial score (nSPS) is 24.8. The number of benzene rings is 1. The lowest BCUT2D eigenvalue weighted by Gasteiger charge is -2.33. The first-order chi connectivity index (χ1) is 11.6. The number of nitrogens with zero attached hydrogens (tertiary/aromatic N) is 1. The van der Waals surface area contributed by atoms with Crippen LogP contribution < -0.4 is 10.1 Å². The Hall–Kier alpha value is -2.08. The Labute approximate surface area is 141 Å². The van der Waals surface area contributed by atoms with Gasteiger partial charge in [0.2, 0.25) is 5.91 Å². The Morgan fingerprint density at radius 3 is 2.38 bits per heavy atom. The Bertz CT molecular complexity index is 570. The van der Waals surface area contributed by atoms with E-state index in [0.29, 0.717) is 25.4 Å². The van der Waals surface area contributed by atoms with Crippen molar-refractivity contribution in [3.05, 3.63) is 30.3 Å². The molecule has 2 aliphatic rings. The minimum Gasteiger partial charge on any atom is -0.493 e. The summed E-state index contributed by atoms with van der Waals surface area (Å²) in [6, 6.07) is 8.83. The van der Waals surface area contributed by atoms with Crippen molar-refractivity contribution in [2.75, 3.05) is 19.7 Å². The lowest BCUT2D eigenvalue weighted by Crippen LogP contribution is -2.49. The van der Waals surface area contributed by atoms with Crippen LogP contribution >= 0.6 is 0 Å². The summed E-state index contributed by atoms with van der Waals surface area (Å²) in [6.07, 6.45) is 2.97. The van der Waals surface area contributed by atoms with Crippen LogP contribution in [0.5, 0.6) is 5.75 Å². The summed E-state index contributed by atoms with van der Waals surface area (Å²) in [4.78, 5) is 25.3. The van der Waals surface area contributed by atoms with Crippen LogP contribution in [0.4, 0.5) is 0 Å². The molecule has 1 aromatic carbocycles. The number of carbonyl (C=O) groups is 2. The third kappa shape index (κ3) is 4.06. The van der Waals surface area contributed by atoms with E-state index in [1.807, 2.05) is 35.2 Å². The van der Waals surface area contributed by atoms with Gasteiger partial charge in [-0.25, -0.2) is 0 Å². The van der Waals surface area contributed by atoms with Gasteiger partial charge in [-0.3, -0.25) is 14.9 Å². The molecule has 6 heteroatoms. The molecule has 2 atom stereocenters. The van der Waals surface area contributed by atoms with Crippen molar-refractivity contribution in [1.82, 2.24) is 10.2 Å². The molecule has 0 unspecified atom stereocenters. The van der Waals surface area contributed by atoms with E-state index in [9.17, 15) is 9.59 Å². The summed E-state index contributed by atoms with van der Waals surface area (Å²) < 4.78 is 5.80. The first-order valence-electron chi connectivity index (χ1n) is 8.59. The van der Waals surface area contributed by atoms with Gasteiger partial charge in [0.1, 0.15) is 11.8 Å². The number of rotatable bonds is 5. The van der Waals surface area contributed by atoms with E-state index in [1.165, 1.54) is 0 Å². The van der Waals surface area contributed by atoms with Crippen molar-refractivity contribution < 1.29 is 19.4 Å². The van der Waals surface area contributed by atoms with Crippen molar-refractivity contribution in [1.29, 1.82) is 0 Å². The second-order valence-electron chi connectivity index (χ2n) is 6.58. The summed E-state index contributed by atoms with van der Waals surface area (Å²) in [5.41, 5.74) is 0. The van der Waals surface area contributed by atoms with Crippen LogP contribution in [0.1, 0.15) is 25.7 Å². The predicted molar refractivity (Wildman–Crippen MR) is 88.8 cm³/mol. The number of ether oxygens (including phenoxy) is 1. The maximum Gasteiger partial charge on any atom is 0.320 e. The summed E-state index contributed by atoms with van der Waals surface area (Å²) in [7, 11) is 0. The fourth-order valence-electron chi connectivity index (χ4n) is 3.40. The van der Waals surface area contributed by atoms with Gasteiger partial charge < -0.3 is 14.7 Å². The quantitative estimate of drug-likeness (QED) is 0.854. The number of aliphatic carboxylic acids is 1. The van der Waals surface area contributed by atoms with E-state index < -0.39 is 12.0 Å². The van der Waals surface area contributed by atoms with Gasteiger partial charge in [-0.2, -0.15) is 0 Å². The lowest BCUT2D eigenvalue weighted by molar-refractivity contribution is -0.139. The van der Waals surface area contributed by atoms with Gasteiger partial charge in [-0.15, -0.1) is 0 Å². The molecule has 3 rings (SSSR count). The van der Waals surface area contributed by atoms with Gasteiger partial charge in [-0.1, -0.05) is 18.2 Å². The van der Waals surface area contributed by atoms with Crippen LogP contribution in [0.25, 0.3) is 0 Å². The molecule has 0 aromatic heterocycles.